The maximum atomic E-state index is 5.49. The van der Waals surface area contributed by atoms with E-state index in [2.05, 4.69) is 10.3 Å². The van der Waals surface area contributed by atoms with E-state index in [1.54, 1.807) is 12.5 Å². The van der Waals surface area contributed by atoms with Crippen LogP contribution in [0, 0.1) is 0 Å². The highest BCUT2D eigenvalue weighted by atomic mass is 16.3. The normalized spacial score (nSPS) is 15.2. The van der Waals surface area contributed by atoms with Gasteiger partial charge in [-0.15, -0.1) is 0 Å². The van der Waals surface area contributed by atoms with E-state index in [1.165, 1.54) is 12.8 Å². The zero-order valence-electron chi connectivity index (χ0n) is 9.02. The van der Waals surface area contributed by atoms with Gasteiger partial charge in [-0.05, 0) is 31.0 Å². The third-order valence-corrected chi connectivity index (χ3v) is 2.81. The first-order valence-electron chi connectivity index (χ1n) is 5.64. The Balaban J connectivity index is 1.81. The molecule has 2 heterocycles. The summed E-state index contributed by atoms with van der Waals surface area (Å²) in [6, 6.07) is 8.60. The van der Waals surface area contributed by atoms with Gasteiger partial charge in [0.25, 0.3) is 0 Å². The summed E-state index contributed by atoms with van der Waals surface area (Å²) >= 11 is 0. The molecule has 0 radical (unpaired) electrons. The molecule has 16 heavy (non-hydrogen) atoms. The van der Waals surface area contributed by atoms with Crippen molar-refractivity contribution in [3.05, 3.63) is 42.5 Å². The van der Waals surface area contributed by atoms with Crippen LogP contribution in [0.5, 0.6) is 0 Å². The molecule has 0 aromatic carbocycles. The molecule has 3 rings (SSSR count). The third kappa shape index (κ3) is 1.99. The minimum Gasteiger partial charge on any atom is -0.467 e. The monoisotopic (exact) mass is 214 g/mol. The minimum absolute atomic E-state index is 0.696. The van der Waals surface area contributed by atoms with Crippen LogP contribution in [0.15, 0.2) is 41.1 Å². The summed E-state index contributed by atoms with van der Waals surface area (Å²) in [5, 5.41) is 3.45. The van der Waals surface area contributed by atoms with Gasteiger partial charge in [0.05, 0.1) is 18.5 Å². The molecule has 0 unspecified atom stereocenters. The number of aromatic nitrogens is 1. The summed E-state index contributed by atoms with van der Waals surface area (Å²) in [7, 11) is 0. The Hall–Kier alpha value is -1.61. The standard InChI is InChI=1S/C13H14N2O/c1-2-7-14-12(3-1)11-6-8-16-13(11)9-15-10-4-5-10/h1-3,6-8,10,15H,4-5,9H2. The van der Waals surface area contributed by atoms with E-state index in [-0.39, 0.29) is 0 Å². The van der Waals surface area contributed by atoms with Crippen LogP contribution in [-0.4, -0.2) is 11.0 Å². The Kier molecular flexibility index (Phi) is 2.46. The Bertz CT molecular complexity index is 460. The van der Waals surface area contributed by atoms with Gasteiger partial charge in [0.2, 0.25) is 0 Å². The predicted molar refractivity (Wildman–Crippen MR) is 61.8 cm³/mol. The summed E-state index contributed by atoms with van der Waals surface area (Å²) in [6.45, 7) is 0.795. The number of nitrogens with one attached hydrogen (secondary N) is 1. The topological polar surface area (TPSA) is 38.1 Å². The van der Waals surface area contributed by atoms with E-state index in [4.69, 9.17) is 4.42 Å². The fraction of sp³-hybridized carbons (Fsp3) is 0.308. The molecule has 3 heteroatoms. The number of furan rings is 1. The summed E-state index contributed by atoms with van der Waals surface area (Å²) < 4.78 is 5.49. The molecular formula is C13H14N2O. The van der Waals surface area contributed by atoms with E-state index >= 15 is 0 Å². The Morgan fingerprint density at radius 2 is 2.25 bits per heavy atom. The van der Waals surface area contributed by atoms with Crippen molar-refractivity contribution in [1.29, 1.82) is 0 Å². The highest BCUT2D eigenvalue weighted by molar-refractivity contribution is 5.60. The van der Waals surface area contributed by atoms with Crippen LogP contribution in [-0.2, 0) is 6.54 Å². The van der Waals surface area contributed by atoms with Gasteiger partial charge < -0.3 is 9.73 Å². The van der Waals surface area contributed by atoms with Crippen LogP contribution in [0.4, 0.5) is 0 Å². The van der Waals surface area contributed by atoms with E-state index in [9.17, 15) is 0 Å². The van der Waals surface area contributed by atoms with Gasteiger partial charge in [-0.3, -0.25) is 4.98 Å². The number of pyridine rings is 1. The van der Waals surface area contributed by atoms with Gasteiger partial charge in [-0.1, -0.05) is 6.07 Å². The lowest BCUT2D eigenvalue weighted by Gasteiger charge is -2.03. The maximum Gasteiger partial charge on any atom is 0.126 e. The molecule has 1 N–H and O–H groups in total. The largest absolute Gasteiger partial charge is 0.467 e. The number of rotatable bonds is 4. The summed E-state index contributed by atoms with van der Waals surface area (Å²) in [4.78, 5) is 4.34. The zero-order valence-corrected chi connectivity index (χ0v) is 9.02. The molecule has 0 amide bonds. The second-order valence-electron chi connectivity index (χ2n) is 4.13. The molecule has 2 aromatic rings. The molecule has 2 aromatic heterocycles. The maximum absolute atomic E-state index is 5.49. The van der Waals surface area contributed by atoms with Crippen LogP contribution in [0.25, 0.3) is 11.3 Å². The molecule has 0 saturated heterocycles. The molecule has 0 aliphatic heterocycles. The van der Waals surface area contributed by atoms with Gasteiger partial charge in [0.15, 0.2) is 0 Å². The van der Waals surface area contributed by atoms with E-state index < -0.39 is 0 Å². The average Bonchev–Trinajstić information content (AvgIpc) is 3.05. The highest BCUT2D eigenvalue weighted by Gasteiger charge is 2.21. The van der Waals surface area contributed by atoms with Crippen molar-refractivity contribution < 1.29 is 4.42 Å². The van der Waals surface area contributed by atoms with E-state index in [0.717, 1.165) is 23.6 Å². The van der Waals surface area contributed by atoms with E-state index in [1.807, 2.05) is 24.3 Å². The fourth-order valence-electron chi connectivity index (χ4n) is 1.75. The van der Waals surface area contributed by atoms with Crippen molar-refractivity contribution in [2.45, 2.75) is 25.4 Å². The number of hydrogen-bond acceptors (Lipinski definition) is 3. The molecule has 0 atom stereocenters. The summed E-state index contributed by atoms with van der Waals surface area (Å²) in [5.74, 6) is 0.977. The smallest absolute Gasteiger partial charge is 0.126 e. The SMILES string of the molecule is c1ccc(-c2ccoc2CNC2CC2)nc1. The van der Waals surface area contributed by atoms with Crippen LogP contribution in [0.1, 0.15) is 18.6 Å². The summed E-state index contributed by atoms with van der Waals surface area (Å²) in [6.07, 6.45) is 6.12. The second-order valence-corrected chi connectivity index (χ2v) is 4.13. The minimum atomic E-state index is 0.696. The highest BCUT2D eigenvalue weighted by Crippen LogP contribution is 2.24. The van der Waals surface area contributed by atoms with Crippen LogP contribution in [0.3, 0.4) is 0 Å². The molecule has 0 spiro atoms. The first-order valence-corrected chi connectivity index (χ1v) is 5.64. The van der Waals surface area contributed by atoms with Gasteiger partial charge >= 0.3 is 0 Å². The molecule has 3 nitrogen and oxygen atoms in total. The lowest BCUT2D eigenvalue weighted by Crippen LogP contribution is -2.15. The van der Waals surface area contributed by atoms with Crippen molar-refractivity contribution in [3.63, 3.8) is 0 Å². The molecule has 1 fully saturated rings. The number of nitrogens with zero attached hydrogens (tertiary/aromatic N) is 1. The van der Waals surface area contributed by atoms with Gasteiger partial charge in [-0.25, -0.2) is 0 Å². The van der Waals surface area contributed by atoms with Crippen molar-refractivity contribution >= 4 is 0 Å². The summed E-state index contributed by atoms with van der Waals surface area (Å²) in [5.41, 5.74) is 2.07. The Morgan fingerprint density at radius 1 is 1.31 bits per heavy atom. The fourth-order valence-corrected chi connectivity index (χ4v) is 1.75. The van der Waals surface area contributed by atoms with Crippen molar-refractivity contribution in [2.24, 2.45) is 0 Å². The quantitative estimate of drug-likeness (QED) is 0.850. The lowest BCUT2D eigenvalue weighted by molar-refractivity contribution is 0.483. The van der Waals surface area contributed by atoms with Crippen LogP contribution >= 0.6 is 0 Å². The Morgan fingerprint density at radius 3 is 3.00 bits per heavy atom. The van der Waals surface area contributed by atoms with Crippen LogP contribution < -0.4 is 5.32 Å². The molecule has 1 aliphatic rings. The molecular weight excluding hydrogens is 200 g/mol. The van der Waals surface area contributed by atoms with Gasteiger partial charge in [-0.2, -0.15) is 0 Å². The lowest BCUT2D eigenvalue weighted by atomic mass is 10.1. The predicted octanol–water partition coefficient (Wildman–Crippen LogP) is 2.59. The zero-order chi connectivity index (χ0) is 10.8. The Labute approximate surface area is 94.5 Å². The van der Waals surface area contributed by atoms with Crippen LogP contribution in [0.2, 0.25) is 0 Å². The van der Waals surface area contributed by atoms with Crippen molar-refractivity contribution in [2.75, 3.05) is 0 Å². The van der Waals surface area contributed by atoms with Gasteiger partial charge in [0, 0.05) is 17.8 Å². The molecule has 0 bridgehead atoms. The van der Waals surface area contributed by atoms with Crippen molar-refractivity contribution in [1.82, 2.24) is 10.3 Å². The van der Waals surface area contributed by atoms with Crippen molar-refractivity contribution in [3.8, 4) is 11.3 Å². The molecule has 82 valence electrons. The first kappa shape index (κ1) is 9.60. The average molecular weight is 214 g/mol. The first-order chi connectivity index (χ1) is 7.93. The molecule has 1 aliphatic carbocycles. The molecule has 1 saturated carbocycles. The third-order valence-electron chi connectivity index (χ3n) is 2.81. The number of hydrogen-bond donors (Lipinski definition) is 1. The van der Waals surface area contributed by atoms with E-state index in [0.29, 0.717) is 6.04 Å². The second kappa shape index (κ2) is 4.10. The van der Waals surface area contributed by atoms with Gasteiger partial charge in [0.1, 0.15) is 5.76 Å².